The van der Waals surface area contributed by atoms with Gasteiger partial charge in [-0.15, -0.1) is 0 Å². The minimum absolute atomic E-state index is 0.479. The molecule has 1 aromatic carbocycles. The lowest BCUT2D eigenvalue weighted by Gasteiger charge is -2.43. The number of nitrogens with two attached hydrogens (primary N) is 1. The highest BCUT2D eigenvalue weighted by molar-refractivity contribution is 5.91. The predicted octanol–water partition coefficient (Wildman–Crippen LogP) is 3.14. The smallest absolute Gasteiger partial charge is 0.412 e. The monoisotopic (exact) mass is 403 g/mol. The molecule has 2 saturated heterocycles. The first-order valence-corrected chi connectivity index (χ1v) is 10.7. The van der Waals surface area contributed by atoms with Crippen LogP contribution in [-0.2, 0) is 4.74 Å². The number of piperazine rings is 1. The van der Waals surface area contributed by atoms with Crippen molar-refractivity contribution in [2.24, 2.45) is 0 Å². The van der Waals surface area contributed by atoms with E-state index in [2.05, 4.69) is 34.0 Å². The minimum Gasteiger partial charge on any atom is -0.444 e. The molecule has 0 aromatic heterocycles. The quantitative estimate of drug-likeness (QED) is 0.756. The van der Waals surface area contributed by atoms with Crippen LogP contribution in [0, 0.1) is 6.92 Å². The highest BCUT2D eigenvalue weighted by Crippen LogP contribution is 2.32. The molecule has 0 spiro atoms. The second kappa shape index (κ2) is 8.79. The molecule has 3 N–H and O–H groups in total. The first kappa shape index (κ1) is 21.7. The summed E-state index contributed by atoms with van der Waals surface area (Å²) >= 11 is 0. The van der Waals surface area contributed by atoms with Crippen molar-refractivity contribution in [2.75, 3.05) is 62.3 Å². The van der Waals surface area contributed by atoms with Crippen LogP contribution in [0.2, 0.25) is 0 Å². The highest BCUT2D eigenvalue weighted by Gasteiger charge is 2.27. The Morgan fingerprint density at radius 3 is 2.31 bits per heavy atom. The molecule has 1 amide bonds. The van der Waals surface area contributed by atoms with Crippen molar-refractivity contribution in [3.8, 4) is 0 Å². The fourth-order valence-electron chi connectivity index (χ4n) is 4.24. The maximum absolute atomic E-state index is 12.2. The van der Waals surface area contributed by atoms with Crippen molar-refractivity contribution >= 4 is 23.2 Å². The van der Waals surface area contributed by atoms with Gasteiger partial charge in [-0.1, -0.05) is 0 Å². The SMILES string of the molecule is Cc1cc(N)c(NC(=O)OC(C)(C)C)cc1N1CCC(N2CCN(C)CC2)CC1. The zero-order valence-corrected chi connectivity index (χ0v) is 18.6. The van der Waals surface area contributed by atoms with Gasteiger partial charge in [0.05, 0.1) is 11.4 Å². The minimum atomic E-state index is -0.544. The van der Waals surface area contributed by atoms with E-state index in [4.69, 9.17) is 10.5 Å². The number of anilines is 3. The summed E-state index contributed by atoms with van der Waals surface area (Å²) in [6.45, 7) is 14.3. The number of hydrogen-bond acceptors (Lipinski definition) is 6. The molecule has 2 heterocycles. The Morgan fingerprint density at radius 2 is 1.72 bits per heavy atom. The van der Waals surface area contributed by atoms with E-state index in [-0.39, 0.29) is 0 Å². The molecule has 0 aliphatic carbocycles. The first-order valence-electron chi connectivity index (χ1n) is 10.7. The highest BCUT2D eigenvalue weighted by atomic mass is 16.6. The van der Waals surface area contributed by atoms with E-state index in [0.717, 1.165) is 37.4 Å². The lowest BCUT2D eigenvalue weighted by atomic mass is 10.0. The predicted molar refractivity (Wildman–Crippen MR) is 120 cm³/mol. The Hall–Kier alpha value is -1.99. The number of nitrogen functional groups attached to an aromatic ring is 1. The fraction of sp³-hybridized carbons (Fsp3) is 0.682. The van der Waals surface area contributed by atoms with Crippen LogP contribution in [0.4, 0.5) is 21.9 Å². The number of hydrogen-bond donors (Lipinski definition) is 2. The molecular formula is C22H37N5O2. The van der Waals surface area contributed by atoms with Gasteiger partial charge in [0.25, 0.3) is 0 Å². The Morgan fingerprint density at radius 1 is 1.10 bits per heavy atom. The van der Waals surface area contributed by atoms with Crippen molar-refractivity contribution in [3.63, 3.8) is 0 Å². The molecule has 2 aliphatic rings. The molecule has 0 radical (unpaired) electrons. The molecule has 7 heteroatoms. The Bertz CT molecular complexity index is 715. The van der Waals surface area contributed by atoms with Crippen LogP contribution in [-0.4, -0.2) is 73.9 Å². The number of carbonyl (C=O) groups is 1. The molecule has 7 nitrogen and oxygen atoms in total. The van der Waals surface area contributed by atoms with Gasteiger partial charge in [0, 0.05) is 51.0 Å². The number of nitrogens with one attached hydrogen (secondary N) is 1. The van der Waals surface area contributed by atoms with Crippen molar-refractivity contribution in [2.45, 2.75) is 52.2 Å². The van der Waals surface area contributed by atoms with E-state index in [1.54, 1.807) is 0 Å². The number of piperidine rings is 1. The Kier molecular flexibility index (Phi) is 6.58. The van der Waals surface area contributed by atoms with Gasteiger partial charge in [-0.2, -0.15) is 0 Å². The topological polar surface area (TPSA) is 74.1 Å². The third kappa shape index (κ3) is 5.76. The fourth-order valence-corrected chi connectivity index (χ4v) is 4.24. The summed E-state index contributed by atoms with van der Waals surface area (Å²) in [7, 11) is 2.20. The normalized spacial score (nSPS) is 20.0. The number of rotatable bonds is 3. The number of carbonyl (C=O) groups excluding carboxylic acids is 1. The third-order valence-electron chi connectivity index (χ3n) is 5.86. The average Bonchev–Trinajstić information content (AvgIpc) is 2.63. The van der Waals surface area contributed by atoms with Crippen LogP contribution < -0.4 is 16.0 Å². The van der Waals surface area contributed by atoms with Crippen LogP contribution >= 0.6 is 0 Å². The van der Waals surface area contributed by atoms with Gasteiger partial charge < -0.3 is 20.3 Å². The van der Waals surface area contributed by atoms with Gasteiger partial charge in [-0.25, -0.2) is 4.79 Å². The molecule has 162 valence electrons. The lowest BCUT2D eigenvalue weighted by Crippen LogP contribution is -2.52. The van der Waals surface area contributed by atoms with Crippen molar-refractivity contribution < 1.29 is 9.53 Å². The molecule has 29 heavy (non-hydrogen) atoms. The second-order valence-electron chi connectivity index (χ2n) is 9.41. The van der Waals surface area contributed by atoms with Crippen molar-refractivity contribution in [3.05, 3.63) is 17.7 Å². The maximum Gasteiger partial charge on any atom is 0.412 e. The summed E-state index contributed by atoms with van der Waals surface area (Å²) in [6.07, 6.45) is 1.86. The maximum atomic E-state index is 12.2. The van der Waals surface area contributed by atoms with Gasteiger partial charge in [-0.05, 0) is 65.3 Å². The molecule has 0 unspecified atom stereocenters. The van der Waals surface area contributed by atoms with Gasteiger partial charge in [0.1, 0.15) is 5.60 Å². The molecule has 0 atom stereocenters. The summed E-state index contributed by atoms with van der Waals surface area (Å²) in [4.78, 5) is 19.7. The van der Waals surface area contributed by atoms with Gasteiger partial charge >= 0.3 is 6.09 Å². The zero-order valence-electron chi connectivity index (χ0n) is 18.6. The van der Waals surface area contributed by atoms with Crippen LogP contribution in [0.25, 0.3) is 0 Å². The molecule has 2 aliphatic heterocycles. The second-order valence-corrected chi connectivity index (χ2v) is 9.41. The summed E-state index contributed by atoms with van der Waals surface area (Å²) < 4.78 is 5.37. The van der Waals surface area contributed by atoms with E-state index in [0.29, 0.717) is 17.4 Å². The molecular weight excluding hydrogens is 366 g/mol. The van der Waals surface area contributed by atoms with Crippen molar-refractivity contribution in [1.82, 2.24) is 9.80 Å². The average molecular weight is 404 g/mol. The van der Waals surface area contributed by atoms with Gasteiger partial charge in [0.15, 0.2) is 0 Å². The van der Waals surface area contributed by atoms with Crippen LogP contribution in [0.1, 0.15) is 39.2 Å². The van der Waals surface area contributed by atoms with Crippen LogP contribution in [0.5, 0.6) is 0 Å². The van der Waals surface area contributed by atoms with Gasteiger partial charge in [-0.3, -0.25) is 10.2 Å². The van der Waals surface area contributed by atoms with E-state index >= 15 is 0 Å². The first-order chi connectivity index (χ1) is 13.6. The molecule has 3 rings (SSSR count). The van der Waals surface area contributed by atoms with Crippen molar-refractivity contribution in [1.29, 1.82) is 0 Å². The standard InChI is InChI=1S/C22H37N5O2/c1-16-14-18(23)19(24-21(28)29-22(2,3)4)15-20(16)27-8-6-17(7-9-27)26-12-10-25(5)11-13-26/h14-15,17H,6-13,23H2,1-5H3,(H,24,28). The number of amides is 1. The lowest BCUT2D eigenvalue weighted by molar-refractivity contribution is 0.0636. The Labute approximate surface area is 175 Å². The number of likely N-dealkylation sites (N-methyl/N-ethyl adjacent to an activating group) is 1. The molecule has 1 aromatic rings. The third-order valence-corrected chi connectivity index (χ3v) is 5.86. The van der Waals surface area contributed by atoms with Crippen LogP contribution in [0.15, 0.2) is 12.1 Å². The largest absolute Gasteiger partial charge is 0.444 e. The van der Waals surface area contributed by atoms with E-state index in [1.807, 2.05) is 32.9 Å². The van der Waals surface area contributed by atoms with E-state index in [9.17, 15) is 4.79 Å². The van der Waals surface area contributed by atoms with Crippen LogP contribution in [0.3, 0.4) is 0 Å². The summed E-state index contributed by atoms with van der Waals surface area (Å²) in [5, 5.41) is 2.81. The summed E-state index contributed by atoms with van der Waals surface area (Å²) in [6, 6.07) is 4.60. The number of ether oxygens (including phenoxy) is 1. The summed E-state index contributed by atoms with van der Waals surface area (Å²) in [5.74, 6) is 0. The molecule has 0 bridgehead atoms. The zero-order chi connectivity index (χ0) is 21.2. The van der Waals surface area contributed by atoms with E-state index in [1.165, 1.54) is 25.9 Å². The Balaban J connectivity index is 1.64. The number of aryl methyl sites for hydroxylation is 1. The number of benzene rings is 1. The summed E-state index contributed by atoms with van der Waals surface area (Å²) in [5.41, 5.74) is 9.07. The van der Waals surface area contributed by atoms with E-state index < -0.39 is 11.7 Å². The van der Waals surface area contributed by atoms with Gasteiger partial charge in [0.2, 0.25) is 0 Å². The number of nitrogens with zero attached hydrogens (tertiary/aromatic N) is 3. The molecule has 2 fully saturated rings. The molecule has 0 saturated carbocycles.